The molecule has 128 valence electrons. The van der Waals surface area contributed by atoms with Gasteiger partial charge in [0, 0.05) is 12.1 Å². The maximum absolute atomic E-state index is 13.5. The number of halogens is 4. The van der Waals surface area contributed by atoms with E-state index in [1.165, 1.54) is 19.1 Å². The minimum absolute atomic E-state index is 0.307. The summed E-state index contributed by atoms with van der Waals surface area (Å²) in [5.74, 6) is -4.31. The van der Waals surface area contributed by atoms with Crippen molar-refractivity contribution in [2.45, 2.75) is 19.1 Å². The Morgan fingerprint density at radius 2 is 1.58 bits per heavy atom. The van der Waals surface area contributed by atoms with E-state index in [4.69, 9.17) is 0 Å². The first-order chi connectivity index (χ1) is 11.3. The molecular formula is C16H14F4N2O2. The average Bonchev–Trinajstić information content (AvgIpc) is 2.52. The number of amides is 2. The van der Waals surface area contributed by atoms with Crippen LogP contribution in [0, 0.1) is 23.3 Å². The van der Waals surface area contributed by atoms with E-state index in [0.717, 1.165) is 12.1 Å². The minimum Gasteiger partial charge on any atom is -0.386 e. The second kappa shape index (κ2) is 7.31. The molecule has 24 heavy (non-hydrogen) atoms. The summed E-state index contributed by atoms with van der Waals surface area (Å²) < 4.78 is 52.2. The number of benzene rings is 2. The standard InChI is InChI=1S/C16H14F4N2O2/c1-8(15(23)9-2-4-10(17)5-3-9)21-16(24)22-14-7-12(19)11(18)6-13(14)20/h2-8,15,23H,1H3,(H2,21,22,24). The summed E-state index contributed by atoms with van der Waals surface area (Å²) in [6.45, 7) is 1.47. The molecular weight excluding hydrogens is 328 g/mol. The molecule has 0 spiro atoms. The molecule has 0 fully saturated rings. The maximum atomic E-state index is 13.5. The Kier molecular flexibility index (Phi) is 5.40. The zero-order valence-corrected chi connectivity index (χ0v) is 12.5. The monoisotopic (exact) mass is 342 g/mol. The Labute approximate surface area is 135 Å². The van der Waals surface area contributed by atoms with Gasteiger partial charge in [-0.3, -0.25) is 0 Å². The summed E-state index contributed by atoms with van der Waals surface area (Å²) in [7, 11) is 0. The van der Waals surface area contributed by atoms with E-state index in [0.29, 0.717) is 17.7 Å². The van der Waals surface area contributed by atoms with Gasteiger partial charge in [0.1, 0.15) is 11.6 Å². The molecule has 0 bridgehead atoms. The highest BCUT2D eigenvalue weighted by molar-refractivity contribution is 5.89. The van der Waals surface area contributed by atoms with E-state index in [-0.39, 0.29) is 0 Å². The van der Waals surface area contributed by atoms with Gasteiger partial charge in [-0.15, -0.1) is 0 Å². The number of rotatable bonds is 4. The number of carbonyl (C=O) groups excluding carboxylic acids is 1. The number of nitrogens with one attached hydrogen (secondary N) is 2. The van der Waals surface area contributed by atoms with Crippen LogP contribution < -0.4 is 10.6 Å². The summed E-state index contributed by atoms with van der Waals surface area (Å²) in [5, 5.41) is 14.4. The molecule has 0 saturated heterocycles. The van der Waals surface area contributed by atoms with Gasteiger partial charge in [-0.05, 0) is 24.6 Å². The van der Waals surface area contributed by atoms with E-state index < -0.39 is 47.1 Å². The van der Waals surface area contributed by atoms with E-state index in [9.17, 15) is 27.5 Å². The first kappa shape index (κ1) is 17.7. The van der Waals surface area contributed by atoms with Gasteiger partial charge in [-0.25, -0.2) is 22.4 Å². The lowest BCUT2D eigenvalue weighted by atomic mass is 10.0. The van der Waals surface area contributed by atoms with Crippen LogP contribution in [0.5, 0.6) is 0 Å². The number of aliphatic hydroxyl groups is 1. The van der Waals surface area contributed by atoms with E-state index in [1.807, 2.05) is 5.32 Å². The van der Waals surface area contributed by atoms with Crippen LogP contribution in [0.2, 0.25) is 0 Å². The molecule has 0 aliphatic rings. The third-order valence-electron chi connectivity index (χ3n) is 3.30. The summed E-state index contributed by atoms with van der Waals surface area (Å²) in [4.78, 5) is 11.8. The molecule has 0 aliphatic heterocycles. The van der Waals surface area contributed by atoms with Gasteiger partial charge < -0.3 is 15.7 Å². The summed E-state index contributed by atoms with van der Waals surface area (Å²) >= 11 is 0. The lowest BCUT2D eigenvalue weighted by Crippen LogP contribution is -2.39. The third kappa shape index (κ3) is 4.23. The molecule has 2 rings (SSSR count). The molecule has 0 aliphatic carbocycles. The van der Waals surface area contributed by atoms with Crippen molar-refractivity contribution in [2.24, 2.45) is 0 Å². The van der Waals surface area contributed by atoms with Gasteiger partial charge in [0.05, 0.1) is 17.8 Å². The van der Waals surface area contributed by atoms with Crippen LogP contribution in [0.25, 0.3) is 0 Å². The smallest absolute Gasteiger partial charge is 0.319 e. The third-order valence-corrected chi connectivity index (χ3v) is 3.30. The van der Waals surface area contributed by atoms with E-state index >= 15 is 0 Å². The van der Waals surface area contributed by atoms with Gasteiger partial charge in [-0.1, -0.05) is 12.1 Å². The molecule has 4 nitrogen and oxygen atoms in total. The number of aliphatic hydroxyl groups excluding tert-OH is 1. The van der Waals surface area contributed by atoms with Crippen LogP contribution in [-0.2, 0) is 0 Å². The number of carbonyl (C=O) groups is 1. The predicted molar refractivity (Wildman–Crippen MR) is 79.3 cm³/mol. The highest BCUT2D eigenvalue weighted by Crippen LogP contribution is 2.19. The van der Waals surface area contributed by atoms with Gasteiger partial charge >= 0.3 is 6.03 Å². The minimum atomic E-state index is -1.38. The fourth-order valence-corrected chi connectivity index (χ4v) is 2.01. The molecule has 0 aromatic heterocycles. The summed E-state index contributed by atoms with van der Waals surface area (Å²) in [6, 6.07) is 4.09. The first-order valence-electron chi connectivity index (χ1n) is 6.93. The van der Waals surface area contributed by atoms with Crippen LogP contribution >= 0.6 is 0 Å². The van der Waals surface area contributed by atoms with Crippen molar-refractivity contribution >= 4 is 11.7 Å². The Morgan fingerprint density at radius 3 is 2.21 bits per heavy atom. The van der Waals surface area contributed by atoms with Crippen molar-refractivity contribution in [1.29, 1.82) is 0 Å². The van der Waals surface area contributed by atoms with E-state index in [1.54, 1.807) is 0 Å². The average molecular weight is 342 g/mol. The Bertz CT molecular complexity index is 738. The van der Waals surface area contributed by atoms with Crippen molar-refractivity contribution in [2.75, 3.05) is 5.32 Å². The van der Waals surface area contributed by atoms with Crippen molar-refractivity contribution in [1.82, 2.24) is 5.32 Å². The molecule has 2 aromatic carbocycles. The quantitative estimate of drug-likeness (QED) is 0.588. The molecule has 2 aromatic rings. The van der Waals surface area contributed by atoms with Crippen LogP contribution in [0.15, 0.2) is 36.4 Å². The molecule has 2 atom stereocenters. The fourth-order valence-electron chi connectivity index (χ4n) is 2.01. The maximum Gasteiger partial charge on any atom is 0.319 e. The van der Waals surface area contributed by atoms with E-state index in [2.05, 4.69) is 5.32 Å². The number of hydrogen-bond donors (Lipinski definition) is 3. The predicted octanol–water partition coefficient (Wildman–Crippen LogP) is 3.49. The largest absolute Gasteiger partial charge is 0.386 e. The second-order valence-corrected chi connectivity index (χ2v) is 5.13. The van der Waals surface area contributed by atoms with Crippen LogP contribution in [0.1, 0.15) is 18.6 Å². The number of hydrogen-bond acceptors (Lipinski definition) is 2. The molecule has 2 amide bonds. The van der Waals surface area contributed by atoms with Gasteiger partial charge in [-0.2, -0.15) is 0 Å². The van der Waals surface area contributed by atoms with Gasteiger partial charge in [0.25, 0.3) is 0 Å². The normalized spacial score (nSPS) is 13.2. The SMILES string of the molecule is CC(NC(=O)Nc1cc(F)c(F)cc1F)C(O)c1ccc(F)cc1. The molecule has 2 unspecified atom stereocenters. The van der Waals surface area contributed by atoms with Crippen LogP contribution in [-0.4, -0.2) is 17.2 Å². The summed E-state index contributed by atoms with van der Waals surface area (Å²) in [5.41, 5.74) is -0.182. The van der Waals surface area contributed by atoms with Crippen molar-refractivity contribution in [3.63, 3.8) is 0 Å². The first-order valence-corrected chi connectivity index (χ1v) is 6.93. The van der Waals surface area contributed by atoms with Crippen molar-refractivity contribution < 1.29 is 27.5 Å². The number of anilines is 1. The zero-order chi connectivity index (χ0) is 17.9. The summed E-state index contributed by atoms with van der Waals surface area (Å²) in [6.07, 6.45) is -1.15. The Hall–Kier alpha value is -2.61. The Balaban J connectivity index is 2.01. The molecule has 0 radical (unpaired) electrons. The van der Waals surface area contributed by atoms with Gasteiger partial charge in [0.2, 0.25) is 0 Å². The Morgan fingerprint density at radius 1 is 1.00 bits per heavy atom. The fraction of sp³-hybridized carbons (Fsp3) is 0.188. The lowest BCUT2D eigenvalue weighted by Gasteiger charge is -2.21. The molecule has 8 heteroatoms. The number of urea groups is 1. The topological polar surface area (TPSA) is 61.4 Å². The second-order valence-electron chi connectivity index (χ2n) is 5.13. The molecule has 3 N–H and O–H groups in total. The van der Waals surface area contributed by atoms with Crippen LogP contribution in [0.4, 0.5) is 28.0 Å². The van der Waals surface area contributed by atoms with Gasteiger partial charge in [0.15, 0.2) is 11.6 Å². The van der Waals surface area contributed by atoms with Crippen molar-refractivity contribution in [3.05, 3.63) is 65.2 Å². The lowest BCUT2D eigenvalue weighted by molar-refractivity contribution is 0.139. The zero-order valence-electron chi connectivity index (χ0n) is 12.5. The molecule has 0 saturated carbocycles. The van der Waals surface area contributed by atoms with Crippen LogP contribution in [0.3, 0.4) is 0 Å². The highest BCUT2D eigenvalue weighted by Gasteiger charge is 2.19. The molecule has 0 heterocycles. The highest BCUT2D eigenvalue weighted by atomic mass is 19.2. The van der Waals surface area contributed by atoms with Crippen molar-refractivity contribution in [3.8, 4) is 0 Å².